The molecule has 0 saturated carbocycles. The number of aryl methyl sites for hydroxylation is 1. The van der Waals surface area contributed by atoms with Crippen molar-refractivity contribution in [1.29, 1.82) is 0 Å². The highest BCUT2D eigenvalue weighted by Crippen LogP contribution is 2.07. The molecule has 0 spiro atoms. The van der Waals surface area contributed by atoms with Crippen LogP contribution in [0.25, 0.3) is 5.52 Å². The lowest BCUT2D eigenvalue weighted by Crippen LogP contribution is -2.12. The second-order valence-corrected chi connectivity index (χ2v) is 3.32. The van der Waals surface area contributed by atoms with Gasteiger partial charge >= 0.3 is 0 Å². The summed E-state index contributed by atoms with van der Waals surface area (Å²) in [5, 5.41) is 7.49. The average Bonchev–Trinajstić information content (AvgIpc) is 2.57. The standard InChI is InChI=1S/C10H14N4/c1-8-12-7-10-4-3-9(5-6-11-2)14(10)13-8/h3-4,7,11H,5-6H2,1-2H3. The molecule has 14 heavy (non-hydrogen) atoms. The average molecular weight is 190 g/mol. The second-order valence-electron chi connectivity index (χ2n) is 3.32. The van der Waals surface area contributed by atoms with E-state index in [4.69, 9.17) is 0 Å². The van der Waals surface area contributed by atoms with Crippen molar-refractivity contribution in [1.82, 2.24) is 19.9 Å². The molecule has 2 rings (SSSR count). The molecule has 4 heteroatoms. The number of nitrogens with one attached hydrogen (secondary N) is 1. The Balaban J connectivity index is 2.40. The van der Waals surface area contributed by atoms with Crippen LogP contribution in [-0.2, 0) is 6.42 Å². The highest BCUT2D eigenvalue weighted by atomic mass is 15.2. The van der Waals surface area contributed by atoms with Gasteiger partial charge < -0.3 is 5.32 Å². The minimum absolute atomic E-state index is 0.805. The largest absolute Gasteiger partial charge is 0.319 e. The molecular weight excluding hydrogens is 176 g/mol. The van der Waals surface area contributed by atoms with E-state index >= 15 is 0 Å². The predicted octanol–water partition coefficient (Wildman–Crippen LogP) is 0.800. The van der Waals surface area contributed by atoms with Crippen LogP contribution in [0.1, 0.15) is 11.5 Å². The van der Waals surface area contributed by atoms with Gasteiger partial charge in [-0.15, -0.1) is 0 Å². The van der Waals surface area contributed by atoms with Gasteiger partial charge in [-0.05, 0) is 26.1 Å². The first kappa shape index (κ1) is 9.15. The Kier molecular flexibility index (Phi) is 2.45. The van der Waals surface area contributed by atoms with Gasteiger partial charge in [-0.25, -0.2) is 9.50 Å². The summed E-state index contributed by atoms with van der Waals surface area (Å²) in [6.07, 6.45) is 2.84. The highest BCUT2D eigenvalue weighted by Gasteiger charge is 2.02. The number of nitrogens with zero attached hydrogens (tertiary/aromatic N) is 3. The van der Waals surface area contributed by atoms with Crippen molar-refractivity contribution in [2.45, 2.75) is 13.3 Å². The van der Waals surface area contributed by atoms with Crippen LogP contribution in [0.15, 0.2) is 18.3 Å². The lowest BCUT2D eigenvalue weighted by atomic mass is 10.3. The first-order valence-corrected chi connectivity index (χ1v) is 4.76. The quantitative estimate of drug-likeness (QED) is 0.778. The molecule has 0 fully saturated rings. The number of hydrogen-bond donors (Lipinski definition) is 1. The van der Waals surface area contributed by atoms with Crippen LogP contribution in [0.5, 0.6) is 0 Å². The number of fused-ring (bicyclic) bond motifs is 1. The Morgan fingerprint density at radius 3 is 3.07 bits per heavy atom. The van der Waals surface area contributed by atoms with E-state index in [0.29, 0.717) is 0 Å². The summed E-state index contributed by atoms with van der Waals surface area (Å²) in [5.74, 6) is 0.805. The van der Waals surface area contributed by atoms with Crippen molar-refractivity contribution in [3.05, 3.63) is 29.8 Å². The molecule has 0 unspecified atom stereocenters. The van der Waals surface area contributed by atoms with E-state index in [0.717, 1.165) is 24.3 Å². The van der Waals surface area contributed by atoms with Gasteiger partial charge in [-0.1, -0.05) is 0 Å². The van der Waals surface area contributed by atoms with Gasteiger partial charge in [0.15, 0.2) is 0 Å². The van der Waals surface area contributed by atoms with Gasteiger partial charge in [0.2, 0.25) is 0 Å². The summed E-state index contributed by atoms with van der Waals surface area (Å²) in [4.78, 5) is 4.15. The molecule has 2 aromatic rings. The van der Waals surface area contributed by atoms with Crippen LogP contribution in [0.3, 0.4) is 0 Å². The number of aromatic nitrogens is 3. The molecule has 0 saturated heterocycles. The fourth-order valence-electron chi connectivity index (χ4n) is 1.48. The van der Waals surface area contributed by atoms with Gasteiger partial charge in [0.05, 0.1) is 11.7 Å². The molecule has 1 N–H and O–H groups in total. The van der Waals surface area contributed by atoms with Gasteiger partial charge in [0.1, 0.15) is 5.82 Å². The Morgan fingerprint density at radius 1 is 1.43 bits per heavy atom. The zero-order valence-corrected chi connectivity index (χ0v) is 8.49. The Labute approximate surface area is 83.0 Å². The molecule has 0 atom stereocenters. The second kappa shape index (κ2) is 3.75. The maximum absolute atomic E-state index is 4.37. The number of rotatable bonds is 3. The van der Waals surface area contributed by atoms with Crippen LogP contribution < -0.4 is 5.32 Å². The lowest BCUT2D eigenvalue weighted by molar-refractivity contribution is 0.736. The molecule has 4 nitrogen and oxygen atoms in total. The zero-order chi connectivity index (χ0) is 9.97. The molecule has 2 heterocycles. The smallest absolute Gasteiger partial charge is 0.146 e. The third-order valence-electron chi connectivity index (χ3n) is 2.22. The van der Waals surface area contributed by atoms with E-state index in [2.05, 4.69) is 21.5 Å². The third-order valence-corrected chi connectivity index (χ3v) is 2.22. The van der Waals surface area contributed by atoms with E-state index in [9.17, 15) is 0 Å². The van der Waals surface area contributed by atoms with E-state index < -0.39 is 0 Å². The third kappa shape index (κ3) is 1.61. The highest BCUT2D eigenvalue weighted by molar-refractivity contribution is 5.46. The van der Waals surface area contributed by atoms with Crippen LogP contribution in [0, 0.1) is 6.92 Å². The van der Waals surface area contributed by atoms with Crippen molar-refractivity contribution >= 4 is 5.52 Å². The van der Waals surface area contributed by atoms with Crippen LogP contribution in [0.2, 0.25) is 0 Å². The topological polar surface area (TPSA) is 42.2 Å². The number of hydrogen-bond acceptors (Lipinski definition) is 3. The summed E-state index contributed by atoms with van der Waals surface area (Å²) in [6, 6.07) is 4.14. The zero-order valence-electron chi connectivity index (χ0n) is 8.49. The maximum Gasteiger partial charge on any atom is 0.146 e. The summed E-state index contributed by atoms with van der Waals surface area (Å²) in [7, 11) is 1.95. The van der Waals surface area contributed by atoms with Crippen molar-refractivity contribution < 1.29 is 0 Å². The van der Waals surface area contributed by atoms with Gasteiger partial charge in [0.25, 0.3) is 0 Å². The molecule has 0 aliphatic carbocycles. The van der Waals surface area contributed by atoms with Crippen molar-refractivity contribution in [3.63, 3.8) is 0 Å². The lowest BCUT2D eigenvalue weighted by Gasteiger charge is -2.01. The first-order valence-electron chi connectivity index (χ1n) is 4.76. The molecule has 0 aromatic carbocycles. The Bertz CT molecular complexity index is 433. The van der Waals surface area contributed by atoms with Crippen LogP contribution >= 0.6 is 0 Å². The Hall–Kier alpha value is -1.42. The first-order chi connectivity index (χ1) is 6.81. The van der Waals surface area contributed by atoms with Crippen molar-refractivity contribution in [3.8, 4) is 0 Å². The van der Waals surface area contributed by atoms with E-state index in [1.54, 1.807) is 0 Å². The van der Waals surface area contributed by atoms with Crippen LogP contribution in [0.4, 0.5) is 0 Å². The fourth-order valence-corrected chi connectivity index (χ4v) is 1.48. The molecule has 0 amide bonds. The molecular formula is C10H14N4. The summed E-state index contributed by atoms with van der Waals surface area (Å²) >= 11 is 0. The van der Waals surface area contributed by atoms with Crippen molar-refractivity contribution in [2.75, 3.05) is 13.6 Å². The maximum atomic E-state index is 4.37. The number of likely N-dealkylation sites (N-methyl/N-ethyl adjacent to an activating group) is 1. The molecule has 0 aliphatic rings. The molecule has 0 aliphatic heterocycles. The van der Waals surface area contributed by atoms with Gasteiger partial charge in [-0.3, -0.25) is 0 Å². The normalized spacial score (nSPS) is 11.0. The minimum Gasteiger partial charge on any atom is -0.319 e. The summed E-state index contributed by atoms with van der Waals surface area (Å²) in [6.45, 7) is 2.87. The minimum atomic E-state index is 0.805. The fraction of sp³-hybridized carbons (Fsp3) is 0.400. The SMILES string of the molecule is CNCCc1ccc2cnc(C)nn12. The van der Waals surface area contributed by atoms with Gasteiger partial charge in [-0.2, -0.15) is 5.10 Å². The van der Waals surface area contributed by atoms with E-state index in [1.807, 2.05) is 30.8 Å². The Morgan fingerprint density at radius 2 is 2.29 bits per heavy atom. The molecule has 0 bridgehead atoms. The molecule has 0 radical (unpaired) electrons. The van der Waals surface area contributed by atoms with E-state index in [1.165, 1.54) is 5.69 Å². The monoisotopic (exact) mass is 190 g/mol. The van der Waals surface area contributed by atoms with Crippen molar-refractivity contribution in [2.24, 2.45) is 0 Å². The summed E-state index contributed by atoms with van der Waals surface area (Å²) in [5.41, 5.74) is 2.28. The summed E-state index contributed by atoms with van der Waals surface area (Å²) < 4.78 is 1.96. The van der Waals surface area contributed by atoms with Crippen LogP contribution in [-0.4, -0.2) is 28.2 Å². The molecule has 74 valence electrons. The molecule has 2 aromatic heterocycles. The predicted molar refractivity (Wildman–Crippen MR) is 55.4 cm³/mol. The van der Waals surface area contributed by atoms with E-state index in [-0.39, 0.29) is 0 Å². The van der Waals surface area contributed by atoms with Gasteiger partial charge in [0, 0.05) is 18.7 Å².